The molecule has 10 heteroatoms. The number of amides is 1. The molecule has 2 fully saturated rings. The Morgan fingerprint density at radius 1 is 1.13 bits per heavy atom. The Labute approximate surface area is 280 Å². The molecule has 0 radical (unpaired) electrons. The van der Waals surface area contributed by atoms with E-state index in [0.717, 1.165) is 30.2 Å². The van der Waals surface area contributed by atoms with Crippen LogP contribution in [0.1, 0.15) is 103 Å². The predicted octanol–water partition coefficient (Wildman–Crippen LogP) is 5.64. The topological polar surface area (TPSA) is 125 Å². The summed E-state index contributed by atoms with van der Waals surface area (Å²) in [6.07, 6.45) is 15.8. The molecule has 1 saturated heterocycles. The molecule has 10 nitrogen and oxygen atoms in total. The predicted molar refractivity (Wildman–Crippen MR) is 182 cm³/mol. The molecule has 6 atom stereocenters. The van der Waals surface area contributed by atoms with Gasteiger partial charge in [-0.2, -0.15) is 0 Å². The molecule has 3 aliphatic rings. The first-order valence-electron chi connectivity index (χ1n) is 17.6. The molecule has 1 aliphatic carbocycles. The normalized spacial score (nSPS) is 30.9. The highest BCUT2D eigenvalue weighted by molar-refractivity contribution is 5.70. The first kappa shape index (κ1) is 36.8. The Kier molecular flexibility index (Phi) is 13.6. The van der Waals surface area contributed by atoms with E-state index in [1.807, 2.05) is 58.1 Å². The highest BCUT2D eigenvalue weighted by Gasteiger charge is 2.37. The van der Waals surface area contributed by atoms with Gasteiger partial charge in [-0.25, -0.2) is 14.8 Å². The van der Waals surface area contributed by atoms with Crippen molar-refractivity contribution in [2.75, 3.05) is 26.2 Å². The molecule has 1 aromatic rings. The minimum Gasteiger partial charge on any atom is -0.457 e. The summed E-state index contributed by atoms with van der Waals surface area (Å²) >= 11 is 0. The fraction of sp³-hybridized carbons (Fsp3) is 0.676. The number of piperazine rings is 1. The summed E-state index contributed by atoms with van der Waals surface area (Å²) in [6.45, 7) is 12.2. The molecule has 4 rings (SSSR count). The molecule has 47 heavy (non-hydrogen) atoms. The highest BCUT2D eigenvalue weighted by atomic mass is 16.6. The summed E-state index contributed by atoms with van der Waals surface area (Å²) in [6, 6.07) is 2.46. The fourth-order valence-corrected chi connectivity index (χ4v) is 6.77. The number of aliphatic hydroxyl groups is 2. The second-order valence-electron chi connectivity index (χ2n) is 14.0. The first-order chi connectivity index (χ1) is 22.4. The van der Waals surface area contributed by atoms with E-state index in [4.69, 9.17) is 9.47 Å². The molecule has 0 bridgehead atoms. The number of aromatic nitrogens is 2. The van der Waals surface area contributed by atoms with Crippen molar-refractivity contribution < 1.29 is 29.3 Å². The molecule has 0 aromatic carbocycles. The minimum atomic E-state index is -1.45. The number of hydrogen-bond donors (Lipinski definition) is 2. The monoisotopic (exact) mass is 652 g/mol. The zero-order chi connectivity index (χ0) is 34.0. The summed E-state index contributed by atoms with van der Waals surface area (Å²) < 4.78 is 11.9. The van der Waals surface area contributed by atoms with E-state index in [1.165, 1.54) is 38.5 Å². The van der Waals surface area contributed by atoms with Gasteiger partial charge in [0.2, 0.25) is 0 Å². The quantitative estimate of drug-likeness (QED) is 0.174. The lowest BCUT2D eigenvalue weighted by atomic mass is 9.88. The van der Waals surface area contributed by atoms with Crippen molar-refractivity contribution in [2.45, 2.75) is 128 Å². The molecule has 2 aliphatic heterocycles. The van der Waals surface area contributed by atoms with Crippen LogP contribution in [0.4, 0.5) is 4.79 Å². The second kappa shape index (κ2) is 17.4. The van der Waals surface area contributed by atoms with E-state index in [2.05, 4.69) is 14.9 Å². The smallest absolute Gasteiger partial charge is 0.410 e. The molecule has 260 valence electrons. The van der Waals surface area contributed by atoms with Gasteiger partial charge in [0.05, 0.1) is 12.5 Å². The lowest BCUT2D eigenvalue weighted by Gasteiger charge is -2.40. The molecular formula is C37H56N4O6. The Morgan fingerprint density at radius 2 is 1.83 bits per heavy atom. The third-order valence-corrected chi connectivity index (χ3v) is 9.89. The lowest BCUT2D eigenvalue weighted by Crippen LogP contribution is -2.53. The van der Waals surface area contributed by atoms with Gasteiger partial charge in [0.15, 0.2) is 6.10 Å². The van der Waals surface area contributed by atoms with Crippen molar-refractivity contribution in [3.8, 4) is 0 Å². The summed E-state index contributed by atoms with van der Waals surface area (Å²) in [5.41, 5.74) is 0.262. The SMILES string of the molecule is C/C(=C\C=C\C(C)c1nccc(C)n1)[C@H]1OC(=O)C[C@@H](O)CC[C@](C)(O)[C@@H](OC(=O)N2CCN(C3CCCCCC3)CC2)/C=C/[C@@H]1C. The standard InChI is InChI=1S/C37H56N4O6/c1-26(11-10-12-28(3)35-38-20-18-29(4)39-35)34-27(2)15-16-32(37(5,45)19-17-31(42)25-33(43)47-34)46-36(44)41-23-21-40(22-24-41)30-13-8-6-7-9-14-30/h10-12,15-16,18,20,27-28,30-32,34,42,45H,6-9,13-14,17,19,21-25H2,1-5H3/b12-10+,16-15+,26-11+/t27-,28?,31-,32-,34+,37-/m0/s1. The van der Waals surface area contributed by atoms with Crippen LogP contribution in [0.2, 0.25) is 0 Å². The van der Waals surface area contributed by atoms with E-state index in [9.17, 15) is 19.8 Å². The average Bonchev–Trinajstić information content (AvgIpc) is 3.34. The third-order valence-electron chi connectivity index (χ3n) is 9.89. The average molecular weight is 653 g/mol. The van der Waals surface area contributed by atoms with Crippen molar-refractivity contribution in [1.29, 1.82) is 0 Å². The van der Waals surface area contributed by atoms with E-state index >= 15 is 0 Å². The number of hydrogen-bond acceptors (Lipinski definition) is 9. The molecule has 1 amide bonds. The number of aliphatic hydroxyl groups excluding tert-OH is 1. The van der Waals surface area contributed by atoms with Crippen molar-refractivity contribution in [1.82, 2.24) is 19.8 Å². The van der Waals surface area contributed by atoms with Gasteiger partial charge in [-0.05, 0) is 64.2 Å². The first-order valence-corrected chi connectivity index (χ1v) is 17.6. The van der Waals surface area contributed by atoms with Gasteiger partial charge < -0.3 is 24.6 Å². The summed E-state index contributed by atoms with van der Waals surface area (Å²) in [5, 5.41) is 22.2. The molecular weight excluding hydrogens is 596 g/mol. The van der Waals surface area contributed by atoms with Crippen molar-refractivity contribution in [2.24, 2.45) is 5.92 Å². The molecule has 1 unspecified atom stereocenters. The van der Waals surface area contributed by atoms with Crippen LogP contribution >= 0.6 is 0 Å². The Balaban J connectivity index is 1.46. The number of ether oxygens (including phenoxy) is 2. The number of carbonyl (C=O) groups excluding carboxylic acids is 2. The maximum absolute atomic E-state index is 13.4. The Hall–Kier alpha value is -3.08. The lowest BCUT2D eigenvalue weighted by molar-refractivity contribution is -0.151. The van der Waals surface area contributed by atoms with E-state index < -0.39 is 36.0 Å². The number of allylic oxidation sites excluding steroid dienone is 3. The third kappa shape index (κ3) is 11.0. The van der Waals surface area contributed by atoms with Gasteiger partial charge in [-0.3, -0.25) is 9.69 Å². The van der Waals surface area contributed by atoms with Crippen LogP contribution in [0.3, 0.4) is 0 Å². The van der Waals surface area contributed by atoms with Crippen LogP contribution in [0.25, 0.3) is 0 Å². The van der Waals surface area contributed by atoms with Crippen LogP contribution < -0.4 is 0 Å². The number of nitrogens with zero attached hydrogens (tertiary/aromatic N) is 4. The van der Waals surface area contributed by atoms with Crippen LogP contribution in [-0.4, -0.2) is 98.2 Å². The molecule has 1 aromatic heterocycles. The van der Waals surface area contributed by atoms with Crippen molar-refractivity contribution in [3.05, 3.63) is 59.7 Å². The van der Waals surface area contributed by atoms with Crippen LogP contribution in [-0.2, 0) is 14.3 Å². The zero-order valence-corrected chi connectivity index (χ0v) is 29.0. The zero-order valence-electron chi connectivity index (χ0n) is 29.0. The van der Waals surface area contributed by atoms with Crippen LogP contribution in [0, 0.1) is 12.8 Å². The number of carbonyl (C=O) groups is 2. The number of esters is 1. The van der Waals surface area contributed by atoms with E-state index in [0.29, 0.717) is 19.1 Å². The highest BCUT2D eigenvalue weighted by Crippen LogP contribution is 2.28. The molecule has 1 saturated carbocycles. The van der Waals surface area contributed by atoms with Gasteiger partial charge in [0.1, 0.15) is 17.5 Å². The van der Waals surface area contributed by atoms with Gasteiger partial charge >= 0.3 is 12.1 Å². The summed E-state index contributed by atoms with van der Waals surface area (Å²) in [4.78, 5) is 39.4. The largest absolute Gasteiger partial charge is 0.457 e. The van der Waals surface area contributed by atoms with Crippen molar-refractivity contribution >= 4 is 12.1 Å². The van der Waals surface area contributed by atoms with Gasteiger partial charge in [-0.1, -0.05) is 63.8 Å². The molecule has 3 heterocycles. The fourth-order valence-electron chi connectivity index (χ4n) is 6.77. The van der Waals surface area contributed by atoms with Gasteiger partial charge in [0, 0.05) is 55.9 Å². The van der Waals surface area contributed by atoms with Gasteiger partial charge in [0.25, 0.3) is 0 Å². The minimum absolute atomic E-state index is 0.0114. The second-order valence-corrected chi connectivity index (χ2v) is 14.0. The number of aryl methyl sites for hydroxylation is 1. The summed E-state index contributed by atoms with van der Waals surface area (Å²) in [7, 11) is 0. The number of rotatable bonds is 6. The summed E-state index contributed by atoms with van der Waals surface area (Å²) in [5.74, 6) is -0.100. The maximum atomic E-state index is 13.4. The van der Waals surface area contributed by atoms with Gasteiger partial charge in [-0.15, -0.1) is 0 Å². The van der Waals surface area contributed by atoms with Crippen LogP contribution in [0.5, 0.6) is 0 Å². The van der Waals surface area contributed by atoms with Crippen LogP contribution in [0.15, 0.2) is 48.2 Å². The molecule has 0 spiro atoms. The maximum Gasteiger partial charge on any atom is 0.410 e. The van der Waals surface area contributed by atoms with Crippen molar-refractivity contribution in [3.63, 3.8) is 0 Å². The Morgan fingerprint density at radius 3 is 2.51 bits per heavy atom. The molecule has 2 N–H and O–H groups in total. The van der Waals surface area contributed by atoms with E-state index in [1.54, 1.807) is 24.1 Å². The number of cyclic esters (lactones) is 1. The van der Waals surface area contributed by atoms with E-state index in [-0.39, 0.29) is 31.1 Å². The Bertz CT molecular complexity index is 1260.